The molecule has 0 radical (unpaired) electrons. The number of carbonyl (C=O) groups is 3. The molecule has 6 aliphatic heterocycles. The number of thiophene rings is 2. The minimum absolute atomic E-state index is 0.0643. The van der Waals surface area contributed by atoms with Gasteiger partial charge in [0.05, 0.1) is 42.7 Å². The molecule has 3 amide bonds. The standard InChI is InChI=1S/C30H37N5O5S.C25H29N5O3S/c1-17-5-8-21-24(31)25(41-27(21)32-17)26(36)33-19-11-18-6-7-20(12-22(18)39-14-19)35-13-23(30(15-35)9-10-38-16-30)34-28(37)40-29(2,3)4;1-14-2-5-18-21(27)22(34-24(18)28-14)23(31)29-16-8-15-3-4-17(9-19(15)33-11-16)30-10-20(26)25(12-30)6-7-32-13-25/h5-8,12,19,23H,9-11,13-16,31H2,1-4H3,(H,33,36)(H,34,37);2-5,9,16,20H,6-8,10-13,26-27H2,1H3,(H,29,31)/t19-,23+,30-;16-,20+,25-/m11/s1. The molecule has 4 fully saturated rings. The molecule has 75 heavy (non-hydrogen) atoms. The first kappa shape index (κ1) is 50.7. The lowest BCUT2D eigenvalue weighted by molar-refractivity contribution is 0.0460. The molecule has 4 aromatic heterocycles. The van der Waals surface area contributed by atoms with Crippen molar-refractivity contribution in [3.63, 3.8) is 0 Å². The number of aromatic nitrogens is 2. The minimum atomic E-state index is -0.560. The highest BCUT2D eigenvalue weighted by Gasteiger charge is 2.51. The van der Waals surface area contributed by atoms with E-state index in [9.17, 15) is 14.4 Å². The lowest BCUT2D eigenvalue weighted by Crippen LogP contribution is -2.49. The van der Waals surface area contributed by atoms with E-state index < -0.39 is 11.7 Å². The highest BCUT2D eigenvalue weighted by atomic mass is 32.1. The molecule has 396 valence electrons. The van der Waals surface area contributed by atoms with Crippen molar-refractivity contribution in [1.82, 2.24) is 25.9 Å². The average molecular weight is 1060 g/mol. The number of anilines is 4. The third-order valence-corrected chi connectivity index (χ3v) is 17.7. The van der Waals surface area contributed by atoms with Gasteiger partial charge in [-0.15, -0.1) is 22.7 Å². The Hall–Kier alpha value is -6.45. The lowest BCUT2D eigenvalue weighted by Gasteiger charge is -2.30. The van der Waals surface area contributed by atoms with Crippen LogP contribution in [0.25, 0.3) is 20.4 Å². The van der Waals surface area contributed by atoms with Crippen LogP contribution < -0.4 is 52.4 Å². The maximum Gasteiger partial charge on any atom is 0.407 e. The van der Waals surface area contributed by atoms with E-state index in [1.807, 2.05) is 58.9 Å². The van der Waals surface area contributed by atoms with Gasteiger partial charge in [0, 0.05) is 102 Å². The Balaban J connectivity index is 0.000000163. The van der Waals surface area contributed by atoms with E-state index in [4.69, 9.17) is 40.9 Å². The highest BCUT2D eigenvalue weighted by Crippen LogP contribution is 2.44. The van der Waals surface area contributed by atoms with E-state index in [1.165, 1.54) is 22.7 Å². The molecule has 20 heteroatoms. The number of rotatable bonds is 7. The molecule has 0 saturated carbocycles. The van der Waals surface area contributed by atoms with Crippen LogP contribution in [-0.4, -0.2) is 123 Å². The summed E-state index contributed by atoms with van der Waals surface area (Å²) < 4.78 is 29.2. The maximum absolute atomic E-state index is 13.1. The minimum Gasteiger partial charge on any atom is -0.491 e. The Morgan fingerprint density at radius 1 is 0.693 bits per heavy atom. The number of hydrogen-bond donors (Lipinski definition) is 6. The number of alkyl carbamates (subject to hydrolysis) is 1. The van der Waals surface area contributed by atoms with Gasteiger partial charge in [-0.1, -0.05) is 12.1 Å². The monoisotopic (exact) mass is 1060 g/mol. The predicted molar refractivity (Wildman–Crippen MR) is 293 cm³/mol. The number of carbonyl (C=O) groups excluding carboxylic acids is 3. The number of nitrogens with one attached hydrogen (secondary N) is 3. The van der Waals surface area contributed by atoms with Gasteiger partial charge in [-0.3, -0.25) is 9.59 Å². The number of hydrogen-bond acceptors (Lipinski definition) is 17. The van der Waals surface area contributed by atoms with Crippen molar-refractivity contribution in [2.45, 2.75) is 90.1 Å². The fourth-order valence-corrected chi connectivity index (χ4v) is 13.5. The Morgan fingerprint density at radius 3 is 1.68 bits per heavy atom. The molecule has 0 aliphatic carbocycles. The number of nitrogen functional groups attached to an aromatic ring is 2. The molecule has 6 aromatic rings. The Labute approximate surface area is 443 Å². The summed E-state index contributed by atoms with van der Waals surface area (Å²) in [7, 11) is 0. The average Bonchev–Trinajstić information content (AvgIpc) is 4.26. The maximum atomic E-state index is 13.1. The van der Waals surface area contributed by atoms with Gasteiger partial charge in [0.25, 0.3) is 11.8 Å². The van der Waals surface area contributed by atoms with Crippen molar-refractivity contribution >= 4 is 83.8 Å². The third-order valence-electron chi connectivity index (χ3n) is 15.5. The van der Waals surface area contributed by atoms with Crippen molar-refractivity contribution in [3.05, 3.63) is 92.9 Å². The molecule has 0 unspecified atom stereocenters. The third kappa shape index (κ3) is 10.2. The van der Waals surface area contributed by atoms with E-state index in [2.05, 4.69) is 72.1 Å². The molecule has 0 bridgehead atoms. The van der Waals surface area contributed by atoms with E-state index in [-0.39, 0.29) is 46.8 Å². The number of nitrogens with zero attached hydrogens (tertiary/aromatic N) is 4. The quantitative estimate of drug-likeness (QED) is 0.0998. The Bertz CT molecular complexity index is 3180. The number of aryl methyl sites for hydroxylation is 2. The van der Waals surface area contributed by atoms with Crippen LogP contribution in [0.2, 0.25) is 0 Å². The largest absolute Gasteiger partial charge is 0.491 e. The molecule has 6 aliphatic rings. The van der Waals surface area contributed by atoms with Crippen molar-refractivity contribution in [2.75, 3.05) is 87.1 Å². The summed E-state index contributed by atoms with van der Waals surface area (Å²) in [6.07, 6.45) is 2.87. The predicted octanol–water partition coefficient (Wildman–Crippen LogP) is 6.51. The zero-order valence-electron chi connectivity index (χ0n) is 43.1. The van der Waals surface area contributed by atoms with Crippen molar-refractivity contribution in [1.29, 1.82) is 0 Å². The van der Waals surface area contributed by atoms with Gasteiger partial charge >= 0.3 is 6.09 Å². The van der Waals surface area contributed by atoms with Crippen LogP contribution in [0, 0.1) is 24.7 Å². The van der Waals surface area contributed by atoms with Crippen LogP contribution in [0.1, 0.15) is 75.5 Å². The lowest BCUT2D eigenvalue weighted by atomic mass is 9.82. The highest BCUT2D eigenvalue weighted by molar-refractivity contribution is 7.21. The molecule has 2 aromatic carbocycles. The Kier molecular flexibility index (Phi) is 13.5. The Morgan fingerprint density at radius 2 is 1.19 bits per heavy atom. The SMILES string of the molecule is Cc1ccc2c(N)c(C(=O)N[C@H]3COc4cc(N5C[C@H](N)[C@]6(CCOC6)C5)ccc4C3)sc2n1.Cc1ccc2c(N)c(C(=O)N[C@H]3COc4cc(N5C[C@H](NC(=O)OC(C)(C)C)[C@]6(CCOC6)C5)ccc4C3)sc2n1. The van der Waals surface area contributed by atoms with Gasteiger partial charge in [-0.05, 0) is 108 Å². The van der Waals surface area contributed by atoms with Crippen LogP contribution in [0.3, 0.4) is 0 Å². The summed E-state index contributed by atoms with van der Waals surface area (Å²) in [5.41, 5.74) is 25.4. The van der Waals surface area contributed by atoms with Gasteiger partial charge < -0.3 is 66.6 Å². The summed E-state index contributed by atoms with van der Waals surface area (Å²) in [5, 5.41) is 10.9. The second-order valence-corrected chi connectivity index (χ2v) is 24.1. The normalized spacial score (nSPS) is 24.9. The van der Waals surface area contributed by atoms with Crippen molar-refractivity contribution in [2.24, 2.45) is 16.6 Å². The van der Waals surface area contributed by atoms with Crippen LogP contribution in [0.5, 0.6) is 11.5 Å². The van der Waals surface area contributed by atoms with E-state index in [1.54, 1.807) is 0 Å². The first-order valence-corrected chi connectivity index (χ1v) is 27.4. The fourth-order valence-electron chi connectivity index (χ4n) is 11.4. The van der Waals surface area contributed by atoms with E-state index >= 15 is 0 Å². The smallest absolute Gasteiger partial charge is 0.407 e. The van der Waals surface area contributed by atoms with Gasteiger partial charge in [0.2, 0.25) is 0 Å². The molecular weight excluding hydrogens is 993 g/mol. The molecule has 9 N–H and O–H groups in total. The van der Waals surface area contributed by atoms with Gasteiger partial charge in [-0.2, -0.15) is 0 Å². The van der Waals surface area contributed by atoms with Gasteiger partial charge in [0.15, 0.2) is 0 Å². The topological polar surface area (TPSA) is 244 Å². The molecule has 4 saturated heterocycles. The van der Waals surface area contributed by atoms with Crippen LogP contribution >= 0.6 is 22.7 Å². The summed E-state index contributed by atoms with van der Waals surface area (Å²) in [5.74, 6) is 1.30. The zero-order valence-corrected chi connectivity index (χ0v) is 44.7. The van der Waals surface area contributed by atoms with Crippen molar-refractivity contribution in [3.8, 4) is 11.5 Å². The first-order chi connectivity index (χ1) is 35.9. The number of nitrogens with two attached hydrogens (primary N) is 3. The zero-order chi connectivity index (χ0) is 52.4. The first-order valence-electron chi connectivity index (χ1n) is 25.8. The van der Waals surface area contributed by atoms with Crippen molar-refractivity contribution < 1.29 is 38.1 Å². The molecule has 12 rings (SSSR count). The molecule has 2 spiro atoms. The summed E-state index contributed by atoms with van der Waals surface area (Å²) in [4.78, 5) is 54.9. The summed E-state index contributed by atoms with van der Waals surface area (Å²) in [6, 6.07) is 19.9. The van der Waals surface area contributed by atoms with Crippen LogP contribution in [0.15, 0.2) is 60.7 Å². The number of pyridine rings is 2. The number of benzene rings is 2. The van der Waals surface area contributed by atoms with Crippen LogP contribution in [-0.2, 0) is 27.1 Å². The van der Waals surface area contributed by atoms with E-state index in [0.717, 1.165) is 112 Å². The second-order valence-electron chi connectivity index (χ2n) is 22.2. The molecule has 18 nitrogen and oxygen atoms in total. The molecular formula is C55H66N10O8S2. The summed E-state index contributed by atoms with van der Waals surface area (Å²) in [6.45, 7) is 16.2. The van der Waals surface area contributed by atoms with Gasteiger partial charge in [0.1, 0.15) is 49.7 Å². The number of ether oxygens (including phenoxy) is 5. The van der Waals surface area contributed by atoms with Crippen LogP contribution in [0.4, 0.5) is 27.5 Å². The molecule has 6 atom stereocenters. The number of fused-ring (bicyclic) bond motifs is 4. The number of amides is 3. The fraction of sp³-hybridized carbons (Fsp3) is 0.473. The van der Waals surface area contributed by atoms with Gasteiger partial charge in [-0.25, -0.2) is 14.8 Å². The second kappa shape index (κ2) is 19.9. The molecule has 10 heterocycles. The summed E-state index contributed by atoms with van der Waals surface area (Å²) >= 11 is 2.64. The van der Waals surface area contributed by atoms with E-state index in [0.29, 0.717) is 66.9 Å².